The summed E-state index contributed by atoms with van der Waals surface area (Å²) in [4.78, 5) is 0. The number of para-hydroxylation sites is 1. The van der Waals surface area contributed by atoms with Crippen LogP contribution in [-0.2, 0) is 0 Å². The van der Waals surface area contributed by atoms with Crippen molar-refractivity contribution in [3.63, 3.8) is 0 Å². The molecule has 4 nitrogen and oxygen atoms in total. The molecule has 0 heterocycles. The second-order valence-electron chi connectivity index (χ2n) is 4.72. The predicted octanol–water partition coefficient (Wildman–Crippen LogP) is -2.08. The Balaban J connectivity index is 0.00000144. The fourth-order valence-corrected chi connectivity index (χ4v) is 2.05. The maximum absolute atomic E-state index is 11.9. The normalized spacial score (nSPS) is 10.0. The number of hydrogen-bond donors (Lipinski definition) is 0. The maximum atomic E-state index is 11.9. The quantitative estimate of drug-likeness (QED) is 0.408. The van der Waals surface area contributed by atoms with Gasteiger partial charge in [-0.1, -0.05) is 72.2 Å². The molecule has 0 spiro atoms. The van der Waals surface area contributed by atoms with E-state index in [1.807, 2.05) is 30.3 Å². The van der Waals surface area contributed by atoms with Crippen LogP contribution < -0.4 is 69.3 Å². The topological polar surface area (TPSA) is 70.8 Å². The molecule has 0 radical (unpaired) electrons. The number of rotatable bonds is 3. The molecule has 0 saturated carbocycles. The molecule has 0 unspecified atom stereocenters. The number of nitrogens with zero attached hydrogens (tertiary/aromatic N) is 2. The Hall–Kier alpha value is -1.14. The summed E-state index contributed by atoms with van der Waals surface area (Å²) in [6.45, 7) is 0. The first-order valence-electron chi connectivity index (χ1n) is 6.78. The van der Waals surface area contributed by atoms with Gasteiger partial charge in [-0.05, 0) is 23.3 Å². The first-order valence-corrected chi connectivity index (χ1v) is 6.78. The molecule has 0 atom stereocenters. The van der Waals surface area contributed by atoms with Crippen LogP contribution in [0.25, 0.3) is 11.1 Å². The van der Waals surface area contributed by atoms with Gasteiger partial charge in [-0.2, -0.15) is 10.2 Å². The Morgan fingerprint density at radius 3 is 1.83 bits per heavy atom. The Bertz CT molecular complexity index is 824. The molecule has 0 fully saturated rings. The van der Waals surface area contributed by atoms with Crippen molar-refractivity contribution in [2.75, 3.05) is 0 Å². The van der Waals surface area contributed by atoms with Crippen molar-refractivity contribution in [3.05, 3.63) is 72.8 Å². The van der Waals surface area contributed by atoms with Crippen LogP contribution in [0.15, 0.2) is 83.0 Å². The fraction of sp³-hybridized carbons (Fsp3) is 0. The minimum Gasteiger partial charge on any atom is -0.871 e. The predicted molar refractivity (Wildman–Crippen MR) is 81.4 cm³/mol. The Morgan fingerprint density at radius 1 is 0.542 bits per heavy atom. The average Bonchev–Trinajstić information content (AvgIpc) is 2.56. The summed E-state index contributed by atoms with van der Waals surface area (Å²) >= 11 is 0. The van der Waals surface area contributed by atoms with Crippen LogP contribution in [0.3, 0.4) is 0 Å². The van der Waals surface area contributed by atoms with Crippen LogP contribution in [0.4, 0.5) is 11.4 Å². The van der Waals surface area contributed by atoms with E-state index in [2.05, 4.69) is 10.2 Å². The van der Waals surface area contributed by atoms with Crippen molar-refractivity contribution < 1.29 is 69.3 Å². The Morgan fingerprint density at radius 2 is 1.12 bits per heavy atom. The first-order chi connectivity index (χ1) is 10.7. The van der Waals surface area contributed by atoms with Gasteiger partial charge in [-0.15, -0.1) is 0 Å². The molecule has 0 amide bonds. The number of azo groups is 1. The van der Waals surface area contributed by atoms with E-state index in [-0.39, 0.29) is 82.0 Å². The summed E-state index contributed by atoms with van der Waals surface area (Å²) in [6.07, 6.45) is 0. The molecule has 0 N–H and O–H groups in total. The molecule has 3 rings (SSSR count). The SMILES string of the molecule is [Na+].[Na+].[O-]c1ccccc1N=Nc1cc(-c2ccccc2)ccc1[O-]. The fourth-order valence-electron chi connectivity index (χ4n) is 2.05. The summed E-state index contributed by atoms with van der Waals surface area (Å²) in [5, 5.41) is 31.3. The van der Waals surface area contributed by atoms with Crippen LogP contribution in [-0.4, -0.2) is 0 Å². The third kappa shape index (κ3) is 5.18. The van der Waals surface area contributed by atoms with Gasteiger partial charge in [0, 0.05) is 0 Å². The van der Waals surface area contributed by atoms with Crippen molar-refractivity contribution in [1.82, 2.24) is 0 Å². The molecule has 0 aliphatic heterocycles. The van der Waals surface area contributed by atoms with E-state index < -0.39 is 0 Å². The molecule has 0 aromatic heterocycles. The molecular formula is C18H12N2Na2O2. The third-order valence-electron chi connectivity index (χ3n) is 3.20. The first kappa shape index (κ1) is 20.9. The van der Waals surface area contributed by atoms with Gasteiger partial charge >= 0.3 is 59.1 Å². The Kier molecular flexibility index (Phi) is 8.70. The van der Waals surface area contributed by atoms with Gasteiger partial charge in [0.2, 0.25) is 0 Å². The average molecular weight is 334 g/mol. The maximum Gasteiger partial charge on any atom is 1.00 e. The second-order valence-corrected chi connectivity index (χ2v) is 4.72. The van der Waals surface area contributed by atoms with Crippen molar-refractivity contribution in [1.29, 1.82) is 0 Å². The summed E-state index contributed by atoms with van der Waals surface area (Å²) in [5.74, 6) is -0.454. The molecule has 0 bridgehead atoms. The number of hydrogen-bond acceptors (Lipinski definition) is 4. The van der Waals surface area contributed by atoms with E-state index in [4.69, 9.17) is 0 Å². The smallest absolute Gasteiger partial charge is 0.871 e. The standard InChI is InChI=1S/C18H14N2O2.2Na/c21-17-9-5-4-8-15(17)19-20-16-12-14(10-11-18(16)22)13-6-2-1-3-7-13;;/h1-12,21-22H;;/q;2*+1/p-2. The van der Waals surface area contributed by atoms with Crippen LogP contribution in [0, 0.1) is 0 Å². The molecule has 24 heavy (non-hydrogen) atoms. The largest absolute Gasteiger partial charge is 1.00 e. The van der Waals surface area contributed by atoms with Crippen molar-refractivity contribution >= 4 is 11.4 Å². The molecule has 6 heteroatoms. The minimum atomic E-state index is -0.230. The zero-order valence-corrected chi connectivity index (χ0v) is 17.6. The van der Waals surface area contributed by atoms with Crippen molar-refractivity contribution in [2.24, 2.45) is 10.2 Å². The summed E-state index contributed by atoms with van der Waals surface area (Å²) < 4.78 is 0. The van der Waals surface area contributed by atoms with E-state index in [1.165, 1.54) is 12.1 Å². The van der Waals surface area contributed by atoms with Gasteiger partial charge < -0.3 is 10.2 Å². The van der Waals surface area contributed by atoms with Gasteiger partial charge in [0.05, 0.1) is 11.4 Å². The molecule has 108 valence electrons. The monoisotopic (exact) mass is 334 g/mol. The van der Waals surface area contributed by atoms with Gasteiger partial charge in [-0.25, -0.2) is 0 Å². The molecular weight excluding hydrogens is 322 g/mol. The van der Waals surface area contributed by atoms with Crippen LogP contribution in [0.5, 0.6) is 11.5 Å². The van der Waals surface area contributed by atoms with Crippen molar-refractivity contribution in [3.8, 4) is 22.6 Å². The second kappa shape index (κ2) is 9.99. The van der Waals surface area contributed by atoms with E-state index in [1.54, 1.807) is 30.3 Å². The zero-order valence-electron chi connectivity index (χ0n) is 13.6. The van der Waals surface area contributed by atoms with Crippen molar-refractivity contribution in [2.45, 2.75) is 0 Å². The third-order valence-corrected chi connectivity index (χ3v) is 3.20. The molecule has 0 saturated heterocycles. The number of benzene rings is 3. The van der Waals surface area contributed by atoms with E-state index >= 15 is 0 Å². The van der Waals surface area contributed by atoms with Gasteiger partial charge in [-0.3, -0.25) is 0 Å². The molecule has 0 aliphatic rings. The summed E-state index contributed by atoms with van der Waals surface area (Å²) in [5.41, 5.74) is 2.30. The van der Waals surface area contributed by atoms with Gasteiger partial charge in [0.25, 0.3) is 0 Å². The Labute approximate surface area is 184 Å². The van der Waals surface area contributed by atoms with E-state index in [0.717, 1.165) is 11.1 Å². The van der Waals surface area contributed by atoms with Crippen LogP contribution in [0.2, 0.25) is 0 Å². The summed E-state index contributed by atoms with van der Waals surface area (Å²) in [7, 11) is 0. The molecule has 0 aliphatic carbocycles. The molecule has 3 aromatic carbocycles. The van der Waals surface area contributed by atoms with E-state index in [9.17, 15) is 10.2 Å². The zero-order chi connectivity index (χ0) is 15.4. The van der Waals surface area contributed by atoms with Gasteiger partial charge in [0.1, 0.15) is 0 Å². The van der Waals surface area contributed by atoms with Crippen LogP contribution >= 0.6 is 0 Å². The van der Waals surface area contributed by atoms with Gasteiger partial charge in [0.15, 0.2) is 0 Å². The van der Waals surface area contributed by atoms with E-state index in [0.29, 0.717) is 0 Å². The molecule has 3 aromatic rings. The minimum absolute atomic E-state index is 0. The summed E-state index contributed by atoms with van der Waals surface area (Å²) in [6, 6.07) is 20.9. The van der Waals surface area contributed by atoms with Crippen LogP contribution in [0.1, 0.15) is 0 Å².